The van der Waals surface area contributed by atoms with Gasteiger partial charge < -0.3 is 5.32 Å². The maximum atomic E-state index is 12.3. The molecular formula is C23H24N4OS. The van der Waals surface area contributed by atoms with E-state index in [9.17, 15) is 4.79 Å². The van der Waals surface area contributed by atoms with Gasteiger partial charge in [0.05, 0.1) is 5.25 Å². The van der Waals surface area contributed by atoms with Crippen LogP contribution in [0.2, 0.25) is 0 Å². The van der Waals surface area contributed by atoms with E-state index in [-0.39, 0.29) is 11.2 Å². The lowest BCUT2D eigenvalue weighted by molar-refractivity contribution is -0.120. The smallest absolute Gasteiger partial charge is 0.233 e. The Balaban J connectivity index is 1.67. The molecule has 0 radical (unpaired) electrons. The number of carbonyl (C=O) groups excluding carboxylic acids is 1. The van der Waals surface area contributed by atoms with Crippen LogP contribution < -0.4 is 5.32 Å². The highest BCUT2D eigenvalue weighted by Crippen LogP contribution is 2.31. The number of thioether (sulfide) groups is 1. The summed E-state index contributed by atoms with van der Waals surface area (Å²) in [4.78, 5) is 17.1. The van der Waals surface area contributed by atoms with Gasteiger partial charge in [-0.15, -0.1) is 10.2 Å². The molecule has 0 aliphatic heterocycles. The third kappa shape index (κ3) is 4.82. The second-order valence-electron chi connectivity index (χ2n) is 7.57. The topological polar surface area (TPSA) is 67.8 Å². The number of benzene rings is 2. The van der Waals surface area contributed by atoms with E-state index in [1.165, 1.54) is 22.9 Å². The summed E-state index contributed by atoms with van der Waals surface area (Å²) in [7, 11) is 0. The van der Waals surface area contributed by atoms with Gasteiger partial charge >= 0.3 is 0 Å². The summed E-state index contributed by atoms with van der Waals surface area (Å²) >= 11 is 1.34. The standard InChI is InChI=1S/C23H24N4OS/c1-14-4-8-17(9-5-14)20-21(18-10-6-15(2)7-11-18)26-27-23(25-20)29-16(3)22(28)24-19-12-13-19/h4-11,16,19H,12-13H2,1-3H3,(H,24,28)/t16-/m1/s1. The number of hydrogen-bond acceptors (Lipinski definition) is 5. The van der Waals surface area contributed by atoms with Gasteiger partial charge in [0.25, 0.3) is 0 Å². The molecule has 3 aromatic rings. The van der Waals surface area contributed by atoms with Crippen molar-refractivity contribution in [1.29, 1.82) is 0 Å². The molecule has 0 spiro atoms. The Morgan fingerprint density at radius 3 is 2.03 bits per heavy atom. The van der Waals surface area contributed by atoms with Crippen LogP contribution in [-0.2, 0) is 4.79 Å². The lowest BCUT2D eigenvalue weighted by Crippen LogP contribution is -2.32. The minimum Gasteiger partial charge on any atom is -0.352 e. The van der Waals surface area contributed by atoms with Gasteiger partial charge in [-0.25, -0.2) is 4.98 Å². The molecule has 1 heterocycles. The molecule has 1 amide bonds. The molecule has 1 aliphatic carbocycles. The molecule has 29 heavy (non-hydrogen) atoms. The van der Waals surface area contributed by atoms with Crippen LogP contribution in [-0.4, -0.2) is 32.4 Å². The van der Waals surface area contributed by atoms with Crippen LogP contribution in [0.4, 0.5) is 0 Å². The number of hydrogen-bond donors (Lipinski definition) is 1. The van der Waals surface area contributed by atoms with Crippen LogP contribution in [0.5, 0.6) is 0 Å². The predicted octanol–water partition coefficient (Wildman–Crippen LogP) is 4.58. The summed E-state index contributed by atoms with van der Waals surface area (Å²) < 4.78 is 0. The molecule has 0 bridgehead atoms. The Morgan fingerprint density at radius 1 is 0.931 bits per heavy atom. The number of carbonyl (C=O) groups is 1. The monoisotopic (exact) mass is 404 g/mol. The van der Waals surface area contributed by atoms with E-state index in [2.05, 4.69) is 65.8 Å². The Hall–Kier alpha value is -2.73. The fourth-order valence-electron chi connectivity index (χ4n) is 2.94. The summed E-state index contributed by atoms with van der Waals surface area (Å²) in [6.07, 6.45) is 2.15. The van der Waals surface area contributed by atoms with Crippen molar-refractivity contribution in [2.75, 3.05) is 0 Å². The van der Waals surface area contributed by atoms with Crippen LogP contribution >= 0.6 is 11.8 Å². The highest BCUT2D eigenvalue weighted by atomic mass is 32.2. The summed E-state index contributed by atoms with van der Waals surface area (Å²) in [5.41, 5.74) is 5.86. The van der Waals surface area contributed by atoms with Crippen molar-refractivity contribution in [2.24, 2.45) is 0 Å². The maximum Gasteiger partial charge on any atom is 0.233 e. The van der Waals surface area contributed by atoms with Gasteiger partial charge in [-0.1, -0.05) is 71.4 Å². The molecule has 0 saturated heterocycles. The molecule has 1 atom stereocenters. The SMILES string of the molecule is Cc1ccc(-c2nnc(S[C@H](C)C(=O)NC3CC3)nc2-c2ccc(C)cc2)cc1. The van der Waals surface area contributed by atoms with Crippen LogP contribution in [0.25, 0.3) is 22.5 Å². The third-order valence-electron chi connectivity index (χ3n) is 4.89. The molecular weight excluding hydrogens is 380 g/mol. The molecule has 4 rings (SSSR count). The Kier molecular flexibility index (Phi) is 5.62. The van der Waals surface area contributed by atoms with Crippen molar-refractivity contribution in [2.45, 2.75) is 50.1 Å². The van der Waals surface area contributed by atoms with Crippen LogP contribution in [0, 0.1) is 13.8 Å². The lowest BCUT2D eigenvalue weighted by Gasteiger charge is -2.13. The van der Waals surface area contributed by atoms with Crippen molar-refractivity contribution in [3.8, 4) is 22.5 Å². The predicted molar refractivity (Wildman–Crippen MR) is 117 cm³/mol. The largest absolute Gasteiger partial charge is 0.352 e. The first kappa shape index (κ1) is 19.6. The fourth-order valence-corrected chi connectivity index (χ4v) is 3.66. The fraction of sp³-hybridized carbons (Fsp3) is 0.304. The second-order valence-corrected chi connectivity index (χ2v) is 8.87. The Bertz CT molecular complexity index is 1010. The Labute approximate surface area is 175 Å². The molecule has 5 nitrogen and oxygen atoms in total. The van der Waals surface area contributed by atoms with Gasteiger partial charge in [0.15, 0.2) is 0 Å². The average molecular weight is 405 g/mol. The van der Waals surface area contributed by atoms with E-state index in [0.717, 1.165) is 35.4 Å². The van der Waals surface area contributed by atoms with Gasteiger partial charge in [0.2, 0.25) is 11.1 Å². The number of nitrogens with zero attached hydrogens (tertiary/aromatic N) is 3. The highest BCUT2D eigenvalue weighted by molar-refractivity contribution is 8.00. The molecule has 1 fully saturated rings. The number of aryl methyl sites for hydroxylation is 2. The van der Waals surface area contributed by atoms with Gasteiger partial charge in [-0.2, -0.15) is 0 Å². The molecule has 1 N–H and O–H groups in total. The van der Waals surface area contributed by atoms with Crippen LogP contribution in [0.3, 0.4) is 0 Å². The normalized spacial score (nSPS) is 14.4. The molecule has 0 unspecified atom stereocenters. The first-order valence-corrected chi connectivity index (χ1v) is 10.7. The number of aromatic nitrogens is 3. The van der Waals surface area contributed by atoms with E-state index < -0.39 is 0 Å². The van der Waals surface area contributed by atoms with Crippen LogP contribution in [0.15, 0.2) is 53.7 Å². The van der Waals surface area contributed by atoms with E-state index in [4.69, 9.17) is 4.98 Å². The van der Waals surface area contributed by atoms with E-state index >= 15 is 0 Å². The number of rotatable bonds is 6. The molecule has 6 heteroatoms. The van der Waals surface area contributed by atoms with Crippen molar-refractivity contribution in [1.82, 2.24) is 20.5 Å². The lowest BCUT2D eigenvalue weighted by atomic mass is 10.0. The minimum atomic E-state index is -0.270. The quantitative estimate of drug-likeness (QED) is 0.609. The van der Waals surface area contributed by atoms with Gasteiger partial charge in [-0.3, -0.25) is 4.79 Å². The van der Waals surface area contributed by atoms with E-state index in [1.807, 2.05) is 19.1 Å². The molecule has 2 aromatic carbocycles. The molecule has 1 aromatic heterocycles. The molecule has 1 aliphatic rings. The summed E-state index contributed by atoms with van der Waals surface area (Å²) in [6, 6.07) is 16.8. The van der Waals surface area contributed by atoms with Crippen LogP contribution in [0.1, 0.15) is 30.9 Å². The second kappa shape index (κ2) is 8.33. The maximum absolute atomic E-state index is 12.3. The van der Waals surface area contributed by atoms with Gasteiger partial charge in [-0.05, 0) is 33.6 Å². The van der Waals surface area contributed by atoms with Gasteiger partial charge in [0.1, 0.15) is 11.4 Å². The van der Waals surface area contributed by atoms with Gasteiger partial charge in [0, 0.05) is 17.2 Å². The third-order valence-corrected chi connectivity index (χ3v) is 5.84. The average Bonchev–Trinajstić information content (AvgIpc) is 3.53. The highest BCUT2D eigenvalue weighted by Gasteiger charge is 2.26. The zero-order chi connectivity index (χ0) is 20.4. The number of amides is 1. The van der Waals surface area contributed by atoms with Crippen molar-refractivity contribution in [3.05, 3.63) is 59.7 Å². The molecule has 1 saturated carbocycles. The van der Waals surface area contributed by atoms with E-state index in [0.29, 0.717) is 11.2 Å². The van der Waals surface area contributed by atoms with E-state index in [1.54, 1.807) is 0 Å². The summed E-state index contributed by atoms with van der Waals surface area (Å²) in [6.45, 7) is 6.00. The van der Waals surface area contributed by atoms with Crippen molar-refractivity contribution >= 4 is 17.7 Å². The van der Waals surface area contributed by atoms with Crippen molar-refractivity contribution < 1.29 is 4.79 Å². The van der Waals surface area contributed by atoms with Crippen molar-refractivity contribution in [3.63, 3.8) is 0 Å². The minimum absolute atomic E-state index is 0.0283. The molecule has 148 valence electrons. The first-order chi connectivity index (χ1) is 14.0. The summed E-state index contributed by atoms with van der Waals surface area (Å²) in [5.74, 6) is 0.0283. The Morgan fingerprint density at radius 2 is 1.48 bits per heavy atom. The summed E-state index contributed by atoms with van der Waals surface area (Å²) in [5, 5.41) is 12.1. The first-order valence-electron chi connectivity index (χ1n) is 9.85. The zero-order valence-corrected chi connectivity index (χ0v) is 17.7. The zero-order valence-electron chi connectivity index (χ0n) is 16.8. The number of nitrogens with one attached hydrogen (secondary N) is 1.